The zero-order valence-electron chi connectivity index (χ0n) is 12.8. The van der Waals surface area contributed by atoms with Gasteiger partial charge in [-0.15, -0.1) is 0 Å². The van der Waals surface area contributed by atoms with Gasteiger partial charge >= 0.3 is 6.09 Å². The second kappa shape index (κ2) is 7.08. The summed E-state index contributed by atoms with van der Waals surface area (Å²) in [6, 6.07) is 1.66. The van der Waals surface area contributed by atoms with Crippen molar-refractivity contribution < 1.29 is 18.8 Å². The molecule has 120 valence electrons. The fourth-order valence-corrected chi connectivity index (χ4v) is 2.10. The van der Waals surface area contributed by atoms with Crippen molar-refractivity contribution in [3.05, 3.63) is 24.1 Å². The van der Waals surface area contributed by atoms with Gasteiger partial charge in [-0.25, -0.2) is 4.79 Å². The molecular formula is C14H20N4O4. The highest BCUT2D eigenvalue weighted by Crippen LogP contribution is 2.09. The van der Waals surface area contributed by atoms with E-state index in [1.165, 1.54) is 0 Å². The minimum Gasteiger partial charge on any atom is -0.416 e. The van der Waals surface area contributed by atoms with Gasteiger partial charge in [-0.05, 0) is 13.8 Å². The average molecular weight is 308 g/mol. The van der Waals surface area contributed by atoms with Gasteiger partial charge in [0, 0.05) is 32.2 Å². The number of anilines is 1. The molecule has 1 fully saturated rings. The summed E-state index contributed by atoms with van der Waals surface area (Å²) in [5.74, 6) is 0.537. The number of carbonyl (C=O) groups excluding carboxylic acids is 2. The molecule has 1 aromatic rings. The maximum Gasteiger partial charge on any atom is 0.414 e. The SMILES string of the molecule is C=C(C)OC(=O)N1CCN(CC(=O)Nc2cc(C)no2)CC1. The number of aromatic nitrogens is 1. The molecule has 22 heavy (non-hydrogen) atoms. The number of rotatable bonds is 4. The standard InChI is InChI=1S/C14H20N4O4/c1-10(2)21-14(20)18-6-4-17(5-7-18)9-12(19)15-13-8-11(3)16-22-13/h8H,1,4-7,9H2,2-3H3,(H,15,19). The summed E-state index contributed by atoms with van der Waals surface area (Å²) in [6.07, 6.45) is -0.395. The quantitative estimate of drug-likeness (QED) is 0.841. The van der Waals surface area contributed by atoms with Gasteiger partial charge in [-0.1, -0.05) is 11.7 Å². The molecule has 0 aliphatic carbocycles. The molecule has 1 aromatic heterocycles. The van der Waals surface area contributed by atoms with Crippen molar-refractivity contribution in [3.63, 3.8) is 0 Å². The summed E-state index contributed by atoms with van der Waals surface area (Å²) in [4.78, 5) is 27.2. The summed E-state index contributed by atoms with van der Waals surface area (Å²) in [5, 5.41) is 6.34. The third kappa shape index (κ3) is 4.59. The van der Waals surface area contributed by atoms with Crippen molar-refractivity contribution in [3.8, 4) is 0 Å². The van der Waals surface area contributed by atoms with Crippen LogP contribution in [0.1, 0.15) is 12.6 Å². The van der Waals surface area contributed by atoms with E-state index in [0.717, 1.165) is 0 Å². The Bertz CT molecular complexity index is 561. The number of hydrogen-bond donors (Lipinski definition) is 1. The van der Waals surface area contributed by atoms with Crippen LogP contribution in [0.15, 0.2) is 22.9 Å². The highest BCUT2D eigenvalue weighted by molar-refractivity contribution is 5.91. The highest BCUT2D eigenvalue weighted by atomic mass is 16.6. The van der Waals surface area contributed by atoms with E-state index in [4.69, 9.17) is 9.26 Å². The van der Waals surface area contributed by atoms with E-state index in [2.05, 4.69) is 17.1 Å². The topological polar surface area (TPSA) is 87.9 Å². The Morgan fingerprint density at radius 1 is 1.41 bits per heavy atom. The van der Waals surface area contributed by atoms with Gasteiger partial charge in [-0.3, -0.25) is 15.0 Å². The summed E-state index contributed by atoms with van der Waals surface area (Å²) < 4.78 is 9.89. The maximum atomic E-state index is 11.9. The van der Waals surface area contributed by atoms with Crippen LogP contribution in [-0.2, 0) is 9.53 Å². The minimum atomic E-state index is -0.395. The van der Waals surface area contributed by atoms with Crippen LogP contribution < -0.4 is 5.32 Å². The Morgan fingerprint density at radius 2 is 2.09 bits per heavy atom. The number of hydrogen-bond acceptors (Lipinski definition) is 6. The lowest BCUT2D eigenvalue weighted by Gasteiger charge is -2.33. The molecule has 2 rings (SSSR count). The fourth-order valence-electron chi connectivity index (χ4n) is 2.10. The molecule has 0 saturated carbocycles. The zero-order chi connectivity index (χ0) is 16.1. The van der Waals surface area contributed by atoms with Gasteiger partial charge in [0.1, 0.15) is 0 Å². The monoisotopic (exact) mass is 308 g/mol. The molecule has 2 amide bonds. The molecule has 1 N–H and O–H groups in total. The molecule has 0 bridgehead atoms. The number of nitrogens with one attached hydrogen (secondary N) is 1. The Morgan fingerprint density at radius 3 is 2.64 bits per heavy atom. The lowest BCUT2D eigenvalue weighted by molar-refractivity contribution is -0.117. The molecular weight excluding hydrogens is 288 g/mol. The van der Waals surface area contributed by atoms with Crippen molar-refractivity contribution in [1.82, 2.24) is 15.0 Å². The third-order valence-electron chi connectivity index (χ3n) is 3.15. The van der Waals surface area contributed by atoms with E-state index in [9.17, 15) is 9.59 Å². The number of nitrogens with zero attached hydrogens (tertiary/aromatic N) is 3. The number of carbonyl (C=O) groups is 2. The first-order valence-electron chi connectivity index (χ1n) is 7.02. The second-order valence-corrected chi connectivity index (χ2v) is 5.21. The van der Waals surface area contributed by atoms with Gasteiger partial charge in [0.2, 0.25) is 11.8 Å². The van der Waals surface area contributed by atoms with Gasteiger partial charge < -0.3 is 14.2 Å². The van der Waals surface area contributed by atoms with Gasteiger partial charge in [0.15, 0.2) is 0 Å². The zero-order valence-corrected chi connectivity index (χ0v) is 12.8. The minimum absolute atomic E-state index is 0.172. The Kier molecular flexibility index (Phi) is 5.16. The van der Waals surface area contributed by atoms with Crippen molar-refractivity contribution in [2.45, 2.75) is 13.8 Å². The molecule has 8 heteroatoms. The molecule has 0 aromatic carbocycles. The van der Waals surface area contributed by atoms with Crippen LogP contribution >= 0.6 is 0 Å². The molecule has 8 nitrogen and oxygen atoms in total. The number of aryl methyl sites for hydroxylation is 1. The smallest absolute Gasteiger partial charge is 0.414 e. The van der Waals surface area contributed by atoms with Crippen LogP contribution in [0.25, 0.3) is 0 Å². The number of allylic oxidation sites excluding steroid dienone is 1. The van der Waals surface area contributed by atoms with Crippen LogP contribution in [0.3, 0.4) is 0 Å². The van der Waals surface area contributed by atoms with Crippen molar-refractivity contribution in [2.75, 3.05) is 38.0 Å². The molecule has 1 aliphatic heterocycles. The fraction of sp³-hybridized carbons (Fsp3) is 0.500. The summed E-state index contributed by atoms with van der Waals surface area (Å²) >= 11 is 0. The summed E-state index contributed by atoms with van der Waals surface area (Å²) in [5.41, 5.74) is 0.708. The maximum absolute atomic E-state index is 11.9. The molecule has 0 spiro atoms. The number of ether oxygens (including phenoxy) is 1. The molecule has 0 radical (unpaired) electrons. The van der Waals surface area contributed by atoms with Crippen molar-refractivity contribution >= 4 is 17.9 Å². The van der Waals surface area contributed by atoms with Gasteiger partial charge in [0.25, 0.3) is 0 Å². The van der Waals surface area contributed by atoms with Crippen LogP contribution in [0.2, 0.25) is 0 Å². The van der Waals surface area contributed by atoms with E-state index in [1.807, 2.05) is 4.90 Å². The first-order valence-corrected chi connectivity index (χ1v) is 7.02. The molecule has 0 atom stereocenters. The Hall–Kier alpha value is -2.35. The predicted molar refractivity (Wildman–Crippen MR) is 79.2 cm³/mol. The summed E-state index contributed by atoms with van der Waals surface area (Å²) in [6.45, 7) is 9.43. The van der Waals surface area contributed by atoms with E-state index in [0.29, 0.717) is 43.5 Å². The van der Waals surface area contributed by atoms with Crippen LogP contribution in [0.4, 0.5) is 10.7 Å². The largest absolute Gasteiger partial charge is 0.416 e. The van der Waals surface area contributed by atoms with Gasteiger partial charge in [0.05, 0.1) is 18.0 Å². The average Bonchev–Trinajstić information content (AvgIpc) is 2.83. The summed E-state index contributed by atoms with van der Waals surface area (Å²) in [7, 11) is 0. The van der Waals surface area contributed by atoms with Crippen LogP contribution in [0, 0.1) is 6.92 Å². The molecule has 1 saturated heterocycles. The third-order valence-corrected chi connectivity index (χ3v) is 3.15. The molecule has 2 heterocycles. The number of amides is 2. The van der Waals surface area contributed by atoms with Crippen molar-refractivity contribution in [1.29, 1.82) is 0 Å². The van der Waals surface area contributed by atoms with Gasteiger partial charge in [-0.2, -0.15) is 0 Å². The Labute approximate surface area is 128 Å². The van der Waals surface area contributed by atoms with E-state index >= 15 is 0 Å². The lowest BCUT2D eigenvalue weighted by Crippen LogP contribution is -2.50. The number of piperazine rings is 1. The normalized spacial score (nSPS) is 15.5. The first-order chi connectivity index (χ1) is 10.4. The molecule has 0 unspecified atom stereocenters. The van der Waals surface area contributed by atoms with E-state index < -0.39 is 6.09 Å². The van der Waals surface area contributed by atoms with E-state index in [1.54, 1.807) is 24.8 Å². The Balaban J connectivity index is 1.74. The van der Waals surface area contributed by atoms with Crippen molar-refractivity contribution in [2.24, 2.45) is 0 Å². The highest BCUT2D eigenvalue weighted by Gasteiger charge is 2.23. The van der Waals surface area contributed by atoms with E-state index in [-0.39, 0.29) is 12.5 Å². The predicted octanol–water partition coefficient (Wildman–Crippen LogP) is 1.21. The first kappa shape index (κ1) is 16.0. The second-order valence-electron chi connectivity index (χ2n) is 5.21. The van der Waals surface area contributed by atoms with Crippen LogP contribution in [0.5, 0.6) is 0 Å². The molecule has 1 aliphatic rings. The van der Waals surface area contributed by atoms with Crippen LogP contribution in [-0.4, -0.2) is 59.7 Å². The lowest BCUT2D eigenvalue weighted by atomic mass is 10.3.